The molecule has 20 heavy (non-hydrogen) atoms. The van der Waals surface area contributed by atoms with Crippen LogP contribution in [0.1, 0.15) is 45.1 Å². The Morgan fingerprint density at radius 3 is 2.65 bits per heavy atom. The summed E-state index contributed by atoms with van der Waals surface area (Å²) in [7, 11) is 0. The van der Waals surface area contributed by atoms with Gasteiger partial charge >= 0.3 is 0 Å². The van der Waals surface area contributed by atoms with Crippen LogP contribution in [0.3, 0.4) is 0 Å². The Balaban J connectivity index is 1.97. The summed E-state index contributed by atoms with van der Waals surface area (Å²) in [5.74, 6) is 0.817. The third-order valence-electron chi connectivity index (χ3n) is 3.71. The van der Waals surface area contributed by atoms with Crippen molar-refractivity contribution in [3.05, 3.63) is 23.8 Å². The van der Waals surface area contributed by atoms with Crippen molar-refractivity contribution in [2.75, 3.05) is 5.32 Å². The first-order valence-corrected chi connectivity index (χ1v) is 7.24. The molecule has 2 rings (SSSR count). The Labute approximate surface area is 120 Å². The van der Waals surface area contributed by atoms with Gasteiger partial charge in [-0.3, -0.25) is 4.79 Å². The number of amides is 1. The lowest BCUT2D eigenvalue weighted by Gasteiger charge is -2.37. The number of rotatable bonds is 5. The Bertz CT molecular complexity index is 493. The molecule has 3 N–H and O–H groups in total. The minimum atomic E-state index is -0.279. The largest absolute Gasteiger partial charge is 0.491 e. The molecule has 0 aliphatic heterocycles. The molecule has 1 aromatic rings. The van der Waals surface area contributed by atoms with Crippen molar-refractivity contribution in [1.29, 1.82) is 0 Å². The van der Waals surface area contributed by atoms with E-state index in [0.717, 1.165) is 36.3 Å². The molecule has 1 saturated carbocycles. The lowest BCUT2D eigenvalue weighted by molar-refractivity contribution is -0.118. The van der Waals surface area contributed by atoms with Gasteiger partial charge in [0.25, 0.3) is 0 Å². The second-order valence-electron chi connectivity index (χ2n) is 6.08. The van der Waals surface area contributed by atoms with Crippen molar-refractivity contribution in [2.45, 2.75) is 58.1 Å². The van der Waals surface area contributed by atoms with Crippen LogP contribution in [-0.4, -0.2) is 17.6 Å². The summed E-state index contributed by atoms with van der Waals surface area (Å²) < 4.78 is 5.63. The van der Waals surface area contributed by atoms with Crippen LogP contribution in [0.5, 0.6) is 5.75 Å². The molecule has 0 bridgehead atoms. The maximum Gasteiger partial charge on any atom is 0.226 e. The van der Waals surface area contributed by atoms with Crippen LogP contribution in [0.25, 0.3) is 0 Å². The van der Waals surface area contributed by atoms with E-state index in [1.54, 1.807) is 0 Å². The van der Waals surface area contributed by atoms with E-state index in [1.165, 1.54) is 0 Å². The minimum absolute atomic E-state index is 0.00664. The molecule has 0 radical (unpaired) electrons. The van der Waals surface area contributed by atoms with Gasteiger partial charge in [-0.25, -0.2) is 0 Å². The lowest BCUT2D eigenvalue weighted by atomic mass is 9.75. The standard InChI is InChI=1S/C16H24N2O2/c1-11(2)20-13-5-6-14(12(3)9-13)18-15(19)10-16(17)7-4-8-16/h5-6,9,11H,4,7-8,10,17H2,1-3H3,(H,18,19). The van der Waals surface area contributed by atoms with Crippen LogP contribution in [0.4, 0.5) is 5.69 Å². The average molecular weight is 276 g/mol. The summed E-state index contributed by atoms with van der Waals surface area (Å²) in [4.78, 5) is 12.0. The quantitative estimate of drug-likeness (QED) is 0.869. The topological polar surface area (TPSA) is 64.3 Å². The number of anilines is 1. The van der Waals surface area contributed by atoms with Gasteiger partial charge in [0.1, 0.15) is 5.75 Å². The van der Waals surface area contributed by atoms with E-state index >= 15 is 0 Å². The molecule has 4 heteroatoms. The Morgan fingerprint density at radius 2 is 2.15 bits per heavy atom. The monoisotopic (exact) mass is 276 g/mol. The molecule has 0 spiro atoms. The maximum absolute atomic E-state index is 12.0. The van der Waals surface area contributed by atoms with Crippen LogP contribution >= 0.6 is 0 Å². The summed E-state index contributed by atoms with van der Waals surface area (Å²) in [5, 5.41) is 2.94. The molecule has 1 fully saturated rings. The fourth-order valence-electron chi connectivity index (χ4n) is 2.44. The Morgan fingerprint density at radius 1 is 1.45 bits per heavy atom. The van der Waals surface area contributed by atoms with Gasteiger partial charge in [-0.15, -0.1) is 0 Å². The van der Waals surface area contributed by atoms with Gasteiger partial charge in [-0.05, 0) is 63.8 Å². The van der Waals surface area contributed by atoms with E-state index in [4.69, 9.17) is 10.5 Å². The second-order valence-corrected chi connectivity index (χ2v) is 6.08. The zero-order valence-corrected chi connectivity index (χ0v) is 12.5. The minimum Gasteiger partial charge on any atom is -0.491 e. The third kappa shape index (κ3) is 3.73. The Kier molecular flexibility index (Phi) is 4.33. The first-order valence-electron chi connectivity index (χ1n) is 7.24. The highest BCUT2D eigenvalue weighted by molar-refractivity contribution is 5.92. The summed E-state index contributed by atoms with van der Waals surface area (Å²) in [6.45, 7) is 5.94. The summed E-state index contributed by atoms with van der Waals surface area (Å²) >= 11 is 0. The normalized spacial score (nSPS) is 16.6. The van der Waals surface area contributed by atoms with E-state index in [9.17, 15) is 4.79 Å². The highest BCUT2D eigenvalue weighted by Crippen LogP contribution is 2.32. The highest BCUT2D eigenvalue weighted by atomic mass is 16.5. The number of hydrogen-bond donors (Lipinski definition) is 2. The first kappa shape index (κ1) is 14.9. The number of nitrogens with one attached hydrogen (secondary N) is 1. The average Bonchev–Trinajstić information content (AvgIpc) is 2.30. The summed E-state index contributed by atoms with van der Waals surface area (Å²) in [6.07, 6.45) is 3.56. The molecule has 110 valence electrons. The maximum atomic E-state index is 12.0. The molecule has 0 unspecified atom stereocenters. The number of hydrogen-bond acceptors (Lipinski definition) is 3. The summed E-state index contributed by atoms with van der Waals surface area (Å²) in [6, 6.07) is 5.70. The van der Waals surface area contributed by atoms with Crippen LogP contribution in [-0.2, 0) is 4.79 Å². The second kappa shape index (κ2) is 5.83. The van der Waals surface area contributed by atoms with Crippen molar-refractivity contribution >= 4 is 11.6 Å². The van der Waals surface area contributed by atoms with Gasteiger partial charge in [-0.2, -0.15) is 0 Å². The molecule has 0 aromatic heterocycles. The molecule has 1 aliphatic carbocycles. The molecular formula is C16H24N2O2. The number of nitrogens with two attached hydrogens (primary N) is 1. The molecule has 1 aliphatic rings. The van der Waals surface area contributed by atoms with E-state index in [-0.39, 0.29) is 17.6 Å². The SMILES string of the molecule is Cc1cc(OC(C)C)ccc1NC(=O)CC1(N)CCC1. The Hall–Kier alpha value is -1.55. The molecule has 1 amide bonds. The van der Waals surface area contributed by atoms with Gasteiger partial charge < -0.3 is 15.8 Å². The molecule has 4 nitrogen and oxygen atoms in total. The number of aryl methyl sites for hydroxylation is 1. The van der Waals surface area contributed by atoms with E-state index in [2.05, 4.69) is 5.32 Å². The number of ether oxygens (including phenoxy) is 1. The third-order valence-corrected chi connectivity index (χ3v) is 3.71. The highest BCUT2D eigenvalue weighted by Gasteiger charge is 2.34. The zero-order chi connectivity index (χ0) is 14.8. The predicted octanol–water partition coefficient (Wildman–Crippen LogP) is 2.99. The number of benzene rings is 1. The van der Waals surface area contributed by atoms with Gasteiger partial charge in [0.2, 0.25) is 5.91 Å². The van der Waals surface area contributed by atoms with Crippen molar-refractivity contribution in [3.8, 4) is 5.75 Å². The van der Waals surface area contributed by atoms with Gasteiger partial charge in [0.05, 0.1) is 6.10 Å². The van der Waals surface area contributed by atoms with Gasteiger partial charge in [0, 0.05) is 17.6 Å². The molecule has 0 heterocycles. The van der Waals surface area contributed by atoms with E-state index < -0.39 is 0 Å². The fraction of sp³-hybridized carbons (Fsp3) is 0.562. The van der Waals surface area contributed by atoms with Crippen molar-refractivity contribution < 1.29 is 9.53 Å². The van der Waals surface area contributed by atoms with Crippen LogP contribution in [0, 0.1) is 6.92 Å². The smallest absolute Gasteiger partial charge is 0.226 e. The van der Waals surface area contributed by atoms with Crippen molar-refractivity contribution in [1.82, 2.24) is 0 Å². The summed E-state index contributed by atoms with van der Waals surface area (Å²) in [5.41, 5.74) is 7.64. The van der Waals surface area contributed by atoms with Crippen LogP contribution in [0.15, 0.2) is 18.2 Å². The first-order chi connectivity index (χ1) is 9.38. The zero-order valence-electron chi connectivity index (χ0n) is 12.5. The number of carbonyl (C=O) groups excluding carboxylic acids is 1. The van der Waals surface area contributed by atoms with Crippen molar-refractivity contribution in [2.24, 2.45) is 5.73 Å². The molecule has 0 atom stereocenters. The van der Waals surface area contributed by atoms with Crippen LogP contribution in [0.2, 0.25) is 0 Å². The lowest BCUT2D eigenvalue weighted by Crippen LogP contribution is -2.48. The van der Waals surface area contributed by atoms with Gasteiger partial charge in [-0.1, -0.05) is 0 Å². The molecule has 0 saturated heterocycles. The van der Waals surface area contributed by atoms with Crippen molar-refractivity contribution in [3.63, 3.8) is 0 Å². The van der Waals surface area contributed by atoms with E-state index in [0.29, 0.717) is 6.42 Å². The number of carbonyl (C=O) groups is 1. The van der Waals surface area contributed by atoms with Crippen LogP contribution < -0.4 is 15.8 Å². The molecule has 1 aromatic carbocycles. The molecular weight excluding hydrogens is 252 g/mol. The predicted molar refractivity (Wildman–Crippen MR) is 81.0 cm³/mol. The van der Waals surface area contributed by atoms with Gasteiger partial charge in [0.15, 0.2) is 0 Å². The fourth-order valence-corrected chi connectivity index (χ4v) is 2.44. The van der Waals surface area contributed by atoms with E-state index in [1.807, 2.05) is 39.0 Å².